The van der Waals surface area contributed by atoms with Crippen LogP contribution in [0.5, 0.6) is 0 Å². The summed E-state index contributed by atoms with van der Waals surface area (Å²) in [7, 11) is 0. The first-order valence-corrected chi connectivity index (χ1v) is 3.95. The maximum atomic E-state index is 10.8. The zero-order valence-electron chi connectivity index (χ0n) is 6.92. The summed E-state index contributed by atoms with van der Waals surface area (Å²) in [4.78, 5) is 14.7. The fraction of sp³-hybridized carbons (Fsp3) is 0. The van der Waals surface area contributed by atoms with Gasteiger partial charge in [0.1, 0.15) is 0 Å². The molecule has 0 saturated heterocycles. The minimum Gasteiger partial charge on any atom is -0.323 e. The lowest BCUT2D eigenvalue weighted by Gasteiger charge is -2.03. The van der Waals surface area contributed by atoms with Crippen molar-refractivity contribution in [2.24, 2.45) is 0 Å². The van der Waals surface area contributed by atoms with Crippen molar-refractivity contribution in [1.82, 2.24) is 9.55 Å². The predicted molar refractivity (Wildman–Crippen MR) is 49.8 cm³/mol. The Morgan fingerprint density at radius 1 is 1.00 bits per heavy atom. The number of pyridine rings is 2. The lowest BCUT2D eigenvalue weighted by Crippen LogP contribution is -2.01. The maximum absolute atomic E-state index is 10.8. The van der Waals surface area contributed by atoms with E-state index in [-0.39, 0.29) is 5.43 Å². The second kappa shape index (κ2) is 3.23. The molecule has 0 aliphatic carbocycles. The van der Waals surface area contributed by atoms with Gasteiger partial charge in [-0.2, -0.15) is 0 Å². The summed E-state index contributed by atoms with van der Waals surface area (Å²) in [5, 5.41) is 0. The van der Waals surface area contributed by atoms with Crippen molar-refractivity contribution in [2.75, 3.05) is 0 Å². The van der Waals surface area contributed by atoms with Crippen molar-refractivity contribution in [2.45, 2.75) is 0 Å². The van der Waals surface area contributed by atoms with E-state index in [0.717, 1.165) is 5.69 Å². The monoisotopic (exact) mass is 172 g/mol. The van der Waals surface area contributed by atoms with Crippen molar-refractivity contribution < 1.29 is 0 Å². The van der Waals surface area contributed by atoms with E-state index in [9.17, 15) is 4.79 Å². The standard InChI is InChI=1S/C10H8N2O/c13-10-3-7-12(8-4-10)9-1-5-11-6-2-9/h1-8H. The highest BCUT2D eigenvalue weighted by atomic mass is 16.1. The van der Waals surface area contributed by atoms with E-state index in [4.69, 9.17) is 0 Å². The van der Waals surface area contributed by atoms with Crippen LogP contribution in [0.4, 0.5) is 0 Å². The van der Waals surface area contributed by atoms with Crippen LogP contribution >= 0.6 is 0 Å². The third-order valence-electron chi connectivity index (χ3n) is 1.76. The summed E-state index contributed by atoms with van der Waals surface area (Å²) >= 11 is 0. The van der Waals surface area contributed by atoms with E-state index < -0.39 is 0 Å². The van der Waals surface area contributed by atoms with Crippen molar-refractivity contribution in [3.63, 3.8) is 0 Å². The third-order valence-corrected chi connectivity index (χ3v) is 1.76. The Bertz CT molecular complexity index is 427. The van der Waals surface area contributed by atoms with Gasteiger partial charge in [-0.25, -0.2) is 0 Å². The Morgan fingerprint density at radius 3 is 2.23 bits per heavy atom. The van der Waals surface area contributed by atoms with Crippen LogP contribution in [0.1, 0.15) is 0 Å². The molecule has 0 aliphatic rings. The first-order chi connectivity index (χ1) is 6.36. The van der Waals surface area contributed by atoms with Crippen LogP contribution in [0.15, 0.2) is 53.8 Å². The molecule has 2 aromatic heterocycles. The highest BCUT2D eigenvalue weighted by Gasteiger charge is 1.91. The summed E-state index contributed by atoms with van der Waals surface area (Å²) in [6.07, 6.45) is 6.90. The van der Waals surface area contributed by atoms with Crippen LogP contribution < -0.4 is 5.43 Å². The molecule has 64 valence electrons. The Labute approximate surface area is 75.3 Å². The van der Waals surface area contributed by atoms with Gasteiger partial charge in [-0.15, -0.1) is 0 Å². The summed E-state index contributed by atoms with van der Waals surface area (Å²) in [6, 6.07) is 6.82. The fourth-order valence-electron chi connectivity index (χ4n) is 1.10. The Hall–Kier alpha value is -1.90. The van der Waals surface area contributed by atoms with Gasteiger partial charge < -0.3 is 4.57 Å². The van der Waals surface area contributed by atoms with Gasteiger partial charge in [-0.3, -0.25) is 9.78 Å². The molecule has 0 aromatic carbocycles. The Kier molecular flexibility index (Phi) is 1.92. The number of hydrogen-bond acceptors (Lipinski definition) is 2. The summed E-state index contributed by atoms with van der Waals surface area (Å²) in [6.45, 7) is 0. The second-order valence-electron chi connectivity index (χ2n) is 2.65. The van der Waals surface area contributed by atoms with E-state index >= 15 is 0 Å². The lowest BCUT2D eigenvalue weighted by atomic mass is 10.4. The first kappa shape index (κ1) is 7.73. The molecule has 0 bridgehead atoms. The molecule has 0 saturated carbocycles. The quantitative estimate of drug-likeness (QED) is 0.648. The van der Waals surface area contributed by atoms with Gasteiger partial charge in [0, 0.05) is 42.6 Å². The third kappa shape index (κ3) is 1.64. The van der Waals surface area contributed by atoms with Crippen LogP contribution in [0.25, 0.3) is 5.69 Å². The first-order valence-electron chi connectivity index (χ1n) is 3.95. The molecule has 0 radical (unpaired) electrons. The van der Waals surface area contributed by atoms with Crippen molar-refractivity contribution >= 4 is 0 Å². The minimum absolute atomic E-state index is 0.0188. The van der Waals surface area contributed by atoms with Crippen LogP contribution in [0.2, 0.25) is 0 Å². The van der Waals surface area contributed by atoms with E-state index in [1.165, 1.54) is 12.1 Å². The zero-order chi connectivity index (χ0) is 9.10. The topological polar surface area (TPSA) is 34.9 Å². The predicted octanol–water partition coefficient (Wildman–Crippen LogP) is 1.23. The molecule has 0 N–H and O–H groups in total. The van der Waals surface area contributed by atoms with Gasteiger partial charge in [-0.1, -0.05) is 0 Å². The molecule has 2 aromatic rings. The highest BCUT2D eigenvalue weighted by molar-refractivity contribution is 5.28. The van der Waals surface area contributed by atoms with Crippen LogP contribution in [0.3, 0.4) is 0 Å². The number of aromatic nitrogens is 2. The molecular weight excluding hydrogens is 164 g/mol. The molecule has 3 nitrogen and oxygen atoms in total. The average molecular weight is 172 g/mol. The Morgan fingerprint density at radius 2 is 1.62 bits per heavy atom. The van der Waals surface area contributed by atoms with Crippen LogP contribution in [-0.2, 0) is 0 Å². The molecule has 0 aliphatic heterocycles. The molecule has 0 spiro atoms. The Balaban J connectivity index is 2.48. The van der Waals surface area contributed by atoms with Gasteiger partial charge in [0.25, 0.3) is 0 Å². The average Bonchev–Trinajstić information content (AvgIpc) is 2.20. The summed E-state index contributed by atoms with van der Waals surface area (Å²) in [5.74, 6) is 0. The molecule has 0 atom stereocenters. The summed E-state index contributed by atoms with van der Waals surface area (Å²) in [5.41, 5.74) is 1.01. The number of nitrogens with zero attached hydrogens (tertiary/aromatic N) is 2. The lowest BCUT2D eigenvalue weighted by molar-refractivity contribution is 1.03. The molecule has 2 heterocycles. The van der Waals surface area contributed by atoms with E-state index in [0.29, 0.717) is 0 Å². The molecule has 0 unspecified atom stereocenters. The number of rotatable bonds is 1. The van der Waals surface area contributed by atoms with E-state index in [1.54, 1.807) is 24.8 Å². The van der Waals surface area contributed by atoms with Crippen molar-refractivity contribution in [3.8, 4) is 5.69 Å². The molecule has 0 amide bonds. The van der Waals surface area contributed by atoms with Gasteiger partial charge in [0.2, 0.25) is 0 Å². The van der Waals surface area contributed by atoms with Gasteiger partial charge in [0.15, 0.2) is 5.43 Å². The van der Waals surface area contributed by atoms with Crippen molar-refractivity contribution in [3.05, 3.63) is 59.3 Å². The number of hydrogen-bond donors (Lipinski definition) is 0. The fourth-order valence-corrected chi connectivity index (χ4v) is 1.10. The van der Waals surface area contributed by atoms with Gasteiger partial charge in [-0.05, 0) is 12.1 Å². The van der Waals surface area contributed by atoms with Crippen LogP contribution in [-0.4, -0.2) is 9.55 Å². The molecular formula is C10H8N2O. The highest BCUT2D eigenvalue weighted by Crippen LogP contribution is 2.02. The molecule has 3 heteroatoms. The van der Waals surface area contributed by atoms with Crippen molar-refractivity contribution in [1.29, 1.82) is 0 Å². The van der Waals surface area contributed by atoms with E-state index in [2.05, 4.69) is 4.98 Å². The van der Waals surface area contributed by atoms with E-state index in [1.807, 2.05) is 16.7 Å². The zero-order valence-corrected chi connectivity index (χ0v) is 6.92. The SMILES string of the molecule is O=c1ccn(-c2ccncc2)cc1. The second-order valence-corrected chi connectivity index (χ2v) is 2.65. The van der Waals surface area contributed by atoms with Gasteiger partial charge in [0.05, 0.1) is 0 Å². The molecule has 13 heavy (non-hydrogen) atoms. The minimum atomic E-state index is 0.0188. The molecule has 0 fully saturated rings. The summed E-state index contributed by atoms with van der Waals surface area (Å²) < 4.78 is 1.86. The largest absolute Gasteiger partial charge is 0.323 e. The normalized spacial score (nSPS) is 9.85. The van der Waals surface area contributed by atoms with Gasteiger partial charge >= 0.3 is 0 Å². The maximum Gasteiger partial charge on any atom is 0.181 e. The van der Waals surface area contributed by atoms with Crippen LogP contribution in [0, 0.1) is 0 Å². The smallest absolute Gasteiger partial charge is 0.181 e. The molecule has 2 rings (SSSR count).